The van der Waals surface area contributed by atoms with Gasteiger partial charge in [-0.15, -0.1) is 0 Å². The molecule has 0 aliphatic rings. The third-order valence-corrected chi connectivity index (χ3v) is 2.85. The molecule has 1 rings (SSSR count). The van der Waals surface area contributed by atoms with E-state index in [-0.39, 0.29) is 23.6 Å². The summed E-state index contributed by atoms with van der Waals surface area (Å²) >= 11 is 5.61. The zero-order valence-electron chi connectivity index (χ0n) is 10.6. The molecule has 0 spiro atoms. The maximum absolute atomic E-state index is 13.5. The van der Waals surface area contributed by atoms with Crippen LogP contribution < -0.4 is 11.1 Å². The van der Waals surface area contributed by atoms with Gasteiger partial charge in [-0.05, 0) is 18.6 Å². The molecular formula is C13H16ClFN2O3. The number of amides is 1. The van der Waals surface area contributed by atoms with Gasteiger partial charge in [0, 0.05) is 18.2 Å². The van der Waals surface area contributed by atoms with Crippen molar-refractivity contribution in [2.24, 2.45) is 5.73 Å². The zero-order chi connectivity index (χ0) is 15.1. The lowest BCUT2D eigenvalue weighted by molar-refractivity contribution is -0.116. The van der Waals surface area contributed by atoms with Crippen molar-refractivity contribution < 1.29 is 19.4 Å². The standard InChI is InChI=1S/C13H16ClFN2O3/c14-9-3-1-2-8(12(9)15)4-5-11(18)17-7-6-10(16)13(19)20/h1-5,10,13,19-20H,6-7,16H2,(H,17,18)/b5-4+/t10-/m0/s1. The third-order valence-electron chi connectivity index (χ3n) is 2.56. The Kier molecular flexibility index (Phi) is 6.60. The van der Waals surface area contributed by atoms with E-state index in [1.807, 2.05) is 0 Å². The number of halogens is 2. The highest BCUT2D eigenvalue weighted by atomic mass is 35.5. The Morgan fingerprint density at radius 1 is 1.50 bits per heavy atom. The normalized spacial score (nSPS) is 12.9. The van der Waals surface area contributed by atoms with Crippen LogP contribution in [0.15, 0.2) is 24.3 Å². The Labute approximate surface area is 120 Å². The Morgan fingerprint density at radius 3 is 2.85 bits per heavy atom. The topological polar surface area (TPSA) is 95.6 Å². The molecule has 5 N–H and O–H groups in total. The van der Waals surface area contributed by atoms with E-state index in [1.54, 1.807) is 6.07 Å². The van der Waals surface area contributed by atoms with E-state index >= 15 is 0 Å². The van der Waals surface area contributed by atoms with E-state index in [9.17, 15) is 9.18 Å². The van der Waals surface area contributed by atoms with Gasteiger partial charge in [0.2, 0.25) is 5.91 Å². The predicted molar refractivity (Wildman–Crippen MR) is 74.3 cm³/mol. The van der Waals surface area contributed by atoms with Gasteiger partial charge in [0.1, 0.15) is 5.82 Å². The highest BCUT2D eigenvalue weighted by Gasteiger charge is 2.10. The Hall–Kier alpha value is -1.47. The van der Waals surface area contributed by atoms with E-state index in [2.05, 4.69) is 5.32 Å². The summed E-state index contributed by atoms with van der Waals surface area (Å²) in [5.41, 5.74) is 5.57. The Morgan fingerprint density at radius 2 is 2.20 bits per heavy atom. The number of rotatable bonds is 6. The molecule has 0 aliphatic heterocycles. The molecule has 1 aromatic carbocycles. The summed E-state index contributed by atoms with van der Waals surface area (Å²) in [6.07, 6.45) is 1.05. The van der Waals surface area contributed by atoms with Gasteiger partial charge in [-0.2, -0.15) is 0 Å². The van der Waals surface area contributed by atoms with E-state index in [4.69, 9.17) is 27.5 Å². The molecule has 110 valence electrons. The SMILES string of the molecule is N[C@@H](CCNC(=O)/C=C/c1cccc(Cl)c1F)C(O)O. The highest BCUT2D eigenvalue weighted by molar-refractivity contribution is 6.30. The smallest absolute Gasteiger partial charge is 0.244 e. The molecule has 0 heterocycles. The van der Waals surface area contributed by atoms with E-state index in [0.29, 0.717) is 0 Å². The molecule has 20 heavy (non-hydrogen) atoms. The molecular weight excluding hydrogens is 287 g/mol. The molecule has 7 heteroatoms. The average molecular weight is 303 g/mol. The van der Waals surface area contributed by atoms with Crippen LogP contribution in [0.1, 0.15) is 12.0 Å². The molecule has 5 nitrogen and oxygen atoms in total. The maximum Gasteiger partial charge on any atom is 0.244 e. The number of nitrogens with two attached hydrogens (primary N) is 1. The van der Waals surface area contributed by atoms with E-state index < -0.39 is 24.1 Å². The van der Waals surface area contributed by atoms with Gasteiger partial charge in [-0.3, -0.25) is 4.79 Å². The minimum absolute atomic E-state index is 0.0181. The molecule has 0 fully saturated rings. The Bertz CT molecular complexity index is 495. The van der Waals surface area contributed by atoms with Gasteiger partial charge in [-0.25, -0.2) is 4.39 Å². The number of nitrogens with one attached hydrogen (secondary N) is 1. The van der Waals surface area contributed by atoms with Crippen LogP contribution in [-0.2, 0) is 4.79 Å². The molecule has 1 aromatic rings. The monoisotopic (exact) mass is 302 g/mol. The highest BCUT2D eigenvalue weighted by Crippen LogP contribution is 2.18. The first-order valence-corrected chi connectivity index (χ1v) is 6.31. The van der Waals surface area contributed by atoms with Gasteiger partial charge in [0.15, 0.2) is 6.29 Å². The molecule has 0 radical (unpaired) electrons. The molecule has 0 aliphatic carbocycles. The second-order valence-corrected chi connectivity index (χ2v) is 4.54. The molecule has 0 bridgehead atoms. The minimum Gasteiger partial charge on any atom is -0.367 e. The quantitative estimate of drug-likeness (QED) is 0.458. The largest absolute Gasteiger partial charge is 0.367 e. The van der Waals surface area contributed by atoms with E-state index in [1.165, 1.54) is 18.2 Å². The number of hydrogen-bond donors (Lipinski definition) is 4. The average Bonchev–Trinajstić information content (AvgIpc) is 2.40. The second-order valence-electron chi connectivity index (χ2n) is 4.13. The number of carbonyl (C=O) groups is 1. The van der Waals surface area contributed by atoms with Crippen molar-refractivity contribution in [3.63, 3.8) is 0 Å². The van der Waals surface area contributed by atoms with Crippen LogP contribution in [-0.4, -0.2) is 35.0 Å². The first-order chi connectivity index (χ1) is 9.41. The number of aliphatic hydroxyl groups is 2. The van der Waals surface area contributed by atoms with Crippen molar-refractivity contribution in [1.82, 2.24) is 5.32 Å². The van der Waals surface area contributed by atoms with Crippen LogP contribution in [0.2, 0.25) is 5.02 Å². The van der Waals surface area contributed by atoms with E-state index in [0.717, 1.165) is 6.08 Å². The summed E-state index contributed by atoms with van der Waals surface area (Å²) in [6, 6.07) is 3.65. The summed E-state index contributed by atoms with van der Waals surface area (Å²) in [4.78, 5) is 11.4. The van der Waals surface area contributed by atoms with Crippen molar-refractivity contribution in [3.8, 4) is 0 Å². The van der Waals surface area contributed by atoms with Crippen LogP contribution in [0.25, 0.3) is 6.08 Å². The molecule has 1 atom stereocenters. The number of aliphatic hydroxyl groups excluding tert-OH is 1. The summed E-state index contributed by atoms with van der Waals surface area (Å²) in [6.45, 7) is 0.181. The van der Waals surface area contributed by atoms with Crippen LogP contribution in [0, 0.1) is 5.82 Å². The predicted octanol–water partition coefficient (Wildman–Crippen LogP) is 0.637. The Balaban J connectivity index is 2.46. The van der Waals surface area contributed by atoms with Gasteiger partial charge >= 0.3 is 0 Å². The zero-order valence-corrected chi connectivity index (χ0v) is 11.3. The molecule has 0 aromatic heterocycles. The van der Waals surface area contributed by atoms with Crippen molar-refractivity contribution in [1.29, 1.82) is 0 Å². The van der Waals surface area contributed by atoms with Gasteiger partial charge in [-0.1, -0.05) is 23.7 Å². The summed E-state index contributed by atoms with van der Waals surface area (Å²) in [5, 5.41) is 20.0. The lowest BCUT2D eigenvalue weighted by atomic mass is 10.2. The lowest BCUT2D eigenvalue weighted by Crippen LogP contribution is -2.37. The summed E-state index contributed by atoms with van der Waals surface area (Å²) in [5.74, 6) is -1.03. The minimum atomic E-state index is -1.62. The molecule has 0 unspecified atom stereocenters. The number of hydrogen-bond acceptors (Lipinski definition) is 4. The van der Waals surface area contributed by atoms with Crippen molar-refractivity contribution in [3.05, 3.63) is 40.7 Å². The van der Waals surface area contributed by atoms with Crippen molar-refractivity contribution in [2.75, 3.05) is 6.54 Å². The van der Waals surface area contributed by atoms with Crippen LogP contribution >= 0.6 is 11.6 Å². The summed E-state index contributed by atoms with van der Waals surface area (Å²) < 4.78 is 13.5. The van der Waals surface area contributed by atoms with Gasteiger partial charge < -0.3 is 21.3 Å². The summed E-state index contributed by atoms with van der Waals surface area (Å²) in [7, 11) is 0. The first-order valence-electron chi connectivity index (χ1n) is 5.93. The van der Waals surface area contributed by atoms with Crippen molar-refractivity contribution >= 4 is 23.6 Å². The van der Waals surface area contributed by atoms with Crippen LogP contribution in [0.5, 0.6) is 0 Å². The maximum atomic E-state index is 13.5. The second kappa shape index (κ2) is 7.96. The fourth-order valence-electron chi connectivity index (χ4n) is 1.38. The lowest BCUT2D eigenvalue weighted by Gasteiger charge is -2.13. The molecule has 0 saturated carbocycles. The third kappa shape index (κ3) is 5.26. The number of carbonyl (C=O) groups excluding carboxylic acids is 1. The molecule has 0 saturated heterocycles. The fourth-order valence-corrected chi connectivity index (χ4v) is 1.57. The van der Waals surface area contributed by atoms with Gasteiger partial charge in [0.25, 0.3) is 0 Å². The molecule has 1 amide bonds. The first kappa shape index (κ1) is 16.6. The number of benzene rings is 1. The van der Waals surface area contributed by atoms with Gasteiger partial charge in [0.05, 0.1) is 11.1 Å². The van der Waals surface area contributed by atoms with Crippen LogP contribution in [0.4, 0.5) is 4.39 Å². The van der Waals surface area contributed by atoms with Crippen molar-refractivity contribution in [2.45, 2.75) is 18.8 Å². The van der Waals surface area contributed by atoms with Crippen LogP contribution in [0.3, 0.4) is 0 Å². The fraction of sp³-hybridized carbons (Fsp3) is 0.308.